The molecule has 0 saturated heterocycles. The molecule has 0 amide bonds. The molecule has 0 spiro atoms. The number of carboxylic acid groups (broad SMARTS) is 2. The van der Waals surface area contributed by atoms with Crippen LogP contribution < -0.4 is 0 Å². The summed E-state index contributed by atoms with van der Waals surface area (Å²) in [5.74, 6) is -2.21. The van der Waals surface area contributed by atoms with Crippen LogP contribution in [-0.4, -0.2) is 22.2 Å². The highest BCUT2D eigenvalue weighted by atomic mass is 16.4. The van der Waals surface area contributed by atoms with Crippen LogP contribution in [0.3, 0.4) is 0 Å². The van der Waals surface area contributed by atoms with Crippen molar-refractivity contribution in [3.8, 4) is 0 Å². The molecule has 0 atom stereocenters. The topological polar surface area (TPSA) is 74.6 Å². The molecule has 2 N–H and O–H groups in total. The van der Waals surface area contributed by atoms with E-state index >= 15 is 0 Å². The fraction of sp³-hybridized carbons (Fsp3) is 0.818. The monoisotopic (exact) mass is 368 g/mol. The molecule has 0 bridgehead atoms. The Morgan fingerprint density at radius 1 is 0.654 bits per heavy atom. The molecule has 0 rings (SSSR count). The summed E-state index contributed by atoms with van der Waals surface area (Å²) in [6.45, 7) is 2.26. The lowest BCUT2D eigenvalue weighted by atomic mass is 10.0. The fourth-order valence-electron chi connectivity index (χ4n) is 3.19. The van der Waals surface area contributed by atoms with Gasteiger partial charge in [0, 0.05) is 5.57 Å². The molecule has 0 heterocycles. The molecule has 0 aromatic heterocycles. The van der Waals surface area contributed by atoms with Crippen LogP contribution in [0.2, 0.25) is 0 Å². The standard InChI is InChI=1S/C22H40O4/c1-2-3-4-5-6-7-8-9-10-11-12-13-14-15-16-17-18-20(22(25)26)19-21(23)24/h18H,2-17,19H2,1H3,(H,23,24)(H,25,26). The number of hydrogen-bond donors (Lipinski definition) is 2. The maximum absolute atomic E-state index is 10.9. The minimum absolute atomic E-state index is 0.00265. The summed E-state index contributed by atoms with van der Waals surface area (Å²) in [5.41, 5.74) is 0.00265. The summed E-state index contributed by atoms with van der Waals surface area (Å²) in [6, 6.07) is 0. The van der Waals surface area contributed by atoms with Gasteiger partial charge in [0.05, 0.1) is 6.42 Å². The summed E-state index contributed by atoms with van der Waals surface area (Å²) in [4.78, 5) is 21.5. The lowest BCUT2D eigenvalue weighted by Gasteiger charge is -2.03. The fourth-order valence-corrected chi connectivity index (χ4v) is 3.19. The highest BCUT2D eigenvalue weighted by molar-refractivity contribution is 5.91. The largest absolute Gasteiger partial charge is 0.481 e. The average Bonchev–Trinajstić information content (AvgIpc) is 2.59. The van der Waals surface area contributed by atoms with Gasteiger partial charge in [-0.2, -0.15) is 0 Å². The van der Waals surface area contributed by atoms with Gasteiger partial charge in [0.15, 0.2) is 0 Å². The van der Waals surface area contributed by atoms with E-state index in [0.29, 0.717) is 6.42 Å². The molecule has 0 saturated carbocycles. The summed E-state index contributed by atoms with van der Waals surface area (Å²) in [7, 11) is 0. The Kier molecular flexibility index (Phi) is 17.5. The van der Waals surface area contributed by atoms with Crippen molar-refractivity contribution in [2.75, 3.05) is 0 Å². The van der Waals surface area contributed by atoms with E-state index in [2.05, 4.69) is 6.92 Å². The van der Waals surface area contributed by atoms with E-state index in [4.69, 9.17) is 10.2 Å². The molecule has 0 fully saturated rings. The van der Waals surface area contributed by atoms with Gasteiger partial charge in [0.1, 0.15) is 0 Å². The summed E-state index contributed by atoms with van der Waals surface area (Å²) >= 11 is 0. The lowest BCUT2D eigenvalue weighted by molar-refractivity contribution is -0.139. The van der Waals surface area contributed by atoms with Crippen LogP contribution in [0.1, 0.15) is 116 Å². The zero-order valence-electron chi connectivity index (χ0n) is 16.8. The molecule has 0 aromatic rings. The number of carboxylic acids is 2. The number of hydrogen-bond acceptors (Lipinski definition) is 2. The number of allylic oxidation sites excluding steroid dienone is 1. The highest BCUT2D eigenvalue weighted by Crippen LogP contribution is 2.14. The van der Waals surface area contributed by atoms with Crippen molar-refractivity contribution in [2.45, 2.75) is 116 Å². The first-order valence-corrected chi connectivity index (χ1v) is 10.7. The Morgan fingerprint density at radius 2 is 1.04 bits per heavy atom. The van der Waals surface area contributed by atoms with E-state index in [-0.39, 0.29) is 5.57 Å². The summed E-state index contributed by atoms with van der Waals surface area (Å²) < 4.78 is 0. The first kappa shape index (κ1) is 24.7. The van der Waals surface area contributed by atoms with Crippen molar-refractivity contribution in [3.05, 3.63) is 11.6 Å². The molecule has 0 unspecified atom stereocenters. The maximum Gasteiger partial charge on any atom is 0.331 e. The Balaban J connectivity index is 3.35. The predicted octanol–water partition coefficient (Wildman–Crippen LogP) is 6.73. The molecule has 4 heteroatoms. The molecule has 26 heavy (non-hydrogen) atoms. The van der Waals surface area contributed by atoms with E-state index in [9.17, 15) is 9.59 Å². The van der Waals surface area contributed by atoms with Crippen LogP contribution >= 0.6 is 0 Å². The van der Waals surface area contributed by atoms with Crippen LogP contribution in [0.25, 0.3) is 0 Å². The third-order valence-corrected chi connectivity index (χ3v) is 4.81. The Hall–Kier alpha value is -1.32. The van der Waals surface area contributed by atoms with Gasteiger partial charge in [0.2, 0.25) is 0 Å². The normalized spacial score (nSPS) is 11.7. The minimum Gasteiger partial charge on any atom is -0.481 e. The third-order valence-electron chi connectivity index (χ3n) is 4.81. The van der Waals surface area contributed by atoms with Crippen molar-refractivity contribution in [3.63, 3.8) is 0 Å². The van der Waals surface area contributed by atoms with Crippen molar-refractivity contribution in [1.29, 1.82) is 0 Å². The van der Waals surface area contributed by atoms with Gasteiger partial charge >= 0.3 is 11.9 Å². The maximum atomic E-state index is 10.9. The molecule has 0 aliphatic rings. The number of rotatable bonds is 19. The van der Waals surface area contributed by atoms with Crippen molar-refractivity contribution < 1.29 is 19.8 Å². The average molecular weight is 369 g/mol. The zero-order chi connectivity index (χ0) is 19.5. The Bertz CT molecular complexity index is 388. The van der Waals surface area contributed by atoms with E-state index in [1.165, 1.54) is 83.5 Å². The van der Waals surface area contributed by atoms with Crippen LogP contribution in [0.15, 0.2) is 11.6 Å². The number of carbonyl (C=O) groups is 2. The number of aliphatic carboxylic acids is 2. The van der Waals surface area contributed by atoms with Gasteiger partial charge in [-0.15, -0.1) is 0 Å². The Labute approximate surface area is 160 Å². The lowest BCUT2D eigenvalue weighted by Crippen LogP contribution is -2.06. The molecule has 0 aliphatic carbocycles. The second-order valence-electron chi connectivity index (χ2n) is 7.34. The van der Waals surface area contributed by atoms with Crippen molar-refractivity contribution in [1.82, 2.24) is 0 Å². The first-order valence-electron chi connectivity index (χ1n) is 10.7. The van der Waals surface area contributed by atoms with Crippen molar-refractivity contribution >= 4 is 11.9 Å². The summed E-state index contributed by atoms with van der Waals surface area (Å²) in [5, 5.41) is 17.6. The van der Waals surface area contributed by atoms with E-state index < -0.39 is 18.4 Å². The van der Waals surface area contributed by atoms with Gasteiger partial charge in [-0.25, -0.2) is 4.79 Å². The first-order chi connectivity index (χ1) is 12.6. The van der Waals surface area contributed by atoms with Crippen LogP contribution in [0, 0.1) is 0 Å². The van der Waals surface area contributed by atoms with Gasteiger partial charge < -0.3 is 10.2 Å². The molecule has 0 aromatic carbocycles. The summed E-state index contributed by atoms with van der Waals surface area (Å²) in [6.07, 6.45) is 21.4. The second-order valence-corrected chi connectivity index (χ2v) is 7.34. The van der Waals surface area contributed by atoms with Crippen molar-refractivity contribution in [2.24, 2.45) is 0 Å². The zero-order valence-corrected chi connectivity index (χ0v) is 16.8. The SMILES string of the molecule is CCCCCCCCCCCCCCCCCC=C(CC(=O)O)C(=O)O. The van der Waals surface area contributed by atoms with Crippen LogP contribution in [0.5, 0.6) is 0 Å². The van der Waals surface area contributed by atoms with Crippen LogP contribution in [0.4, 0.5) is 0 Å². The van der Waals surface area contributed by atoms with Gasteiger partial charge in [-0.05, 0) is 12.8 Å². The molecule has 0 radical (unpaired) electrons. The Morgan fingerprint density at radius 3 is 1.38 bits per heavy atom. The van der Waals surface area contributed by atoms with Gasteiger partial charge in [-0.3, -0.25) is 4.79 Å². The van der Waals surface area contributed by atoms with Gasteiger partial charge in [0.25, 0.3) is 0 Å². The van der Waals surface area contributed by atoms with Crippen LogP contribution in [-0.2, 0) is 9.59 Å². The molecular weight excluding hydrogens is 328 g/mol. The number of unbranched alkanes of at least 4 members (excludes halogenated alkanes) is 15. The third kappa shape index (κ3) is 17.5. The van der Waals surface area contributed by atoms with Gasteiger partial charge in [-0.1, -0.05) is 103 Å². The minimum atomic E-state index is -1.12. The molecular formula is C22H40O4. The van der Waals surface area contributed by atoms with E-state index in [1.807, 2.05) is 0 Å². The molecule has 0 aliphatic heterocycles. The predicted molar refractivity (Wildman–Crippen MR) is 108 cm³/mol. The molecule has 4 nitrogen and oxygen atoms in total. The quantitative estimate of drug-likeness (QED) is 0.196. The second kappa shape index (κ2) is 18.5. The smallest absolute Gasteiger partial charge is 0.331 e. The highest BCUT2D eigenvalue weighted by Gasteiger charge is 2.10. The molecule has 152 valence electrons. The van der Waals surface area contributed by atoms with E-state index in [1.54, 1.807) is 6.08 Å². The van der Waals surface area contributed by atoms with E-state index in [0.717, 1.165) is 12.8 Å².